The molecule has 2 atom stereocenters. The largest absolute Gasteiger partial charge is 0.512 e. The number of aliphatic hydroxyl groups is 1. The summed E-state index contributed by atoms with van der Waals surface area (Å²) in [4.78, 5) is 12.0. The summed E-state index contributed by atoms with van der Waals surface area (Å²) >= 11 is 0. The summed E-state index contributed by atoms with van der Waals surface area (Å²) < 4.78 is 13.6. The highest BCUT2D eigenvalue weighted by atomic mass is 19.1. The van der Waals surface area contributed by atoms with Gasteiger partial charge in [-0.1, -0.05) is 26.0 Å². The lowest BCUT2D eigenvalue weighted by molar-refractivity contribution is -0.126. The Morgan fingerprint density at radius 3 is 2.67 bits per heavy atom. The van der Waals surface area contributed by atoms with Crippen molar-refractivity contribution in [3.05, 3.63) is 47.0 Å². The molecule has 0 radical (unpaired) electrons. The number of carbonyl (C=O) groups is 1. The number of halogens is 1. The SMILES string of the molecule is Cc1ccc(CC2C=C(O)C(C(=O)C(C)C)CC2)cc1F. The van der Waals surface area contributed by atoms with Crippen LogP contribution in [0, 0.1) is 30.5 Å². The molecule has 1 aromatic rings. The van der Waals surface area contributed by atoms with E-state index in [2.05, 4.69) is 0 Å². The predicted octanol–water partition coefficient (Wildman–Crippen LogP) is 4.37. The van der Waals surface area contributed by atoms with Gasteiger partial charge in [-0.15, -0.1) is 0 Å². The first-order chi connectivity index (χ1) is 9.88. The molecule has 1 aliphatic carbocycles. The second-order valence-electron chi connectivity index (χ2n) is 6.33. The molecule has 0 saturated carbocycles. The summed E-state index contributed by atoms with van der Waals surface area (Å²) in [5.41, 5.74) is 1.57. The van der Waals surface area contributed by atoms with Crippen LogP contribution in [0.3, 0.4) is 0 Å². The number of rotatable bonds is 4. The van der Waals surface area contributed by atoms with E-state index in [0.29, 0.717) is 18.4 Å². The molecule has 1 N–H and O–H groups in total. The maximum Gasteiger partial charge on any atom is 0.145 e. The number of Topliss-reactive ketones (excluding diaryl/α,β-unsaturated/α-hetero) is 1. The summed E-state index contributed by atoms with van der Waals surface area (Å²) in [7, 11) is 0. The van der Waals surface area contributed by atoms with Gasteiger partial charge in [0.25, 0.3) is 0 Å². The Balaban J connectivity index is 2.07. The highest BCUT2D eigenvalue weighted by molar-refractivity contribution is 5.85. The average Bonchev–Trinajstić information content (AvgIpc) is 2.42. The minimum absolute atomic E-state index is 0.0618. The number of hydrogen-bond donors (Lipinski definition) is 1. The first-order valence-corrected chi connectivity index (χ1v) is 7.58. The zero-order valence-corrected chi connectivity index (χ0v) is 12.9. The van der Waals surface area contributed by atoms with Crippen molar-refractivity contribution in [3.63, 3.8) is 0 Å². The fourth-order valence-electron chi connectivity index (χ4n) is 2.89. The van der Waals surface area contributed by atoms with Gasteiger partial charge in [0, 0.05) is 5.92 Å². The standard InChI is InChI=1S/C18H23FO2/c1-11(2)18(21)15-7-6-14(10-17(15)20)8-13-5-4-12(3)16(19)9-13/h4-5,9-11,14-15,20H,6-8H2,1-3H3. The van der Waals surface area contributed by atoms with Gasteiger partial charge < -0.3 is 5.11 Å². The van der Waals surface area contributed by atoms with Crippen LogP contribution in [-0.4, -0.2) is 10.9 Å². The van der Waals surface area contributed by atoms with Crippen LogP contribution in [0.15, 0.2) is 30.0 Å². The van der Waals surface area contributed by atoms with E-state index in [4.69, 9.17) is 0 Å². The molecule has 0 aromatic heterocycles. The van der Waals surface area contributed by atoms with Gasteiger partial charge in [-0.2, -0.15) is 0 Å². The monoisotopic (exact) mass is 290 g/mol. The van der Waals surface area contributed by atoms with Crippen LogP contribution in [0.1, 0.15) is 37.8 Å². The maximum absolute atomic E-state index is 13.6. The van der Waals surface area contributed by atoms with Gasteiger partial charge >= 0.3 is 0 Å². The molecule has 1 aliphatic rings. The smallest absolute Gasteiger partial charge is 0.145 e. The van der Waals surface area contributed by atoms with Crippen LogP contribution in [0.25, 0.3) is 0 Å². The summed E-state index contributed by atoms with van der Waals surface area (Å²) in [6.45, 7) is 5.46. The van der Waals surface area contributed by atoms with Crippen molar-refractivity contribution in [2.75, 3.05) is 0 Å². The van der Waals surface area contributed by atoms with Crippen molar-refractivity contribution in [3.8, 4) is 0 Å². The lowest BCUT2D eigenvalue weighted by atomic mass is 9.80. The topological polar surface area (TPSA) is 37.3 Å². The Morgan fingerprint density at radius 1 is 1.38 bits per heavy atom. The molecular weight excluding hydrogens is 267 g/mol. The van der Waals surface area contributed by atoms with Gasteiger partial charge in [0.15, 0.2) is 0 Å². The molecule has 3 heteroatoms. The molecule has 21 heavy (non-hydrogen) atoms. The Hall–Kier alpha value is -1.64. The lowest BCUT2D eigenvalue weighted by Crippen LogP contribution is -2.26. The summed E-state index contributed by atoms with van der Waals surface area (Å²) in [5, 5.41) is 10.1. The number of aliphatic hydroxyl groups excluding tert-OH is 1. The van der Waals surface area contributed by atoms with Gasteiger partial charge in [0.1, 0.15) is 11.6 Å². The van der Waals surface area contributed by atoms with E-state index in [1.807, 2.05) is 19.9 Å². The Morgan fingerprint density at radius 2 is 2.10 bits per heavy atom. The van der Waals surface area contributed by atoms with Crippen molar-refractivity contribution in [2.24, 2.45) is 17.8 Å². The number of hydrogen-bond acceptors (Lipinski definition) is 2. The summed E-state index contributed by atoms with van der Waals surface area (Å²) in [6, 6.07) is 5.27. The second-order valence-corrected chi connectivity index (χ2v) is 6.33. The third-order valence-corrected chi connectivity index (χ3v) is 4.24. The van der Waals surface area contributed by atoms with E-state index < -0.39 is 0 Å². The van der Waals surface area contributed by atoms with Crippen LogP contribution in [0.2, 0.25) is 0 Å². The molecule has 2 unspecified atom stereocenters. The minimum Gasteiger partial charge on any atom is -0.512 e. The van der Waals surface area contributed by atoms with Crippen molar-refractivity contribution >= 4 is 5.78 Å². The van der Waals surface area contributed by atoms with Crippen LogP contribution in [-0.2, 0) is 11.2 Å². The second kappa shape index (κ2) is 6.42. The third kappa shape index (κ3) is 3.72. The molecule has 0 spiro atoms. The zero-order valence-electron chi connectivity index (χ0n) is 12.9. The van der Waals surface area contributed by atoms with Crippen molar-refractivity contribution < 1.29 is 14.3 Å². The number of benzene rings is 1. The van der Waals surface area contributed by atoms with Crippen molar-refractivity contribution in [1.29, 1.82) is 0 Å². The van der Waals surface area contributed by atoms with Crippen LogP contribution in [0.5, 0.6) is 0 Å². The van der Waals surface area contributed by atoms with Gasteiger partial charge in [-0.25, -0.2) is 4.39 Å². The zero-order chi connectivity index (χ0) is 15.6. The minimum atomic E-state index is -0.351. The van der Waals surface area contributed by atoms with E-state index in [1.54, 1.807) is 25.1 Å². The van der Waals surface area contributed by atoms with E-state index in [9.17, 15) is 14.3 Å². The molecule has 0 saturated heterocycles. The molecule has 1 aromatic carbocycles. The number of ketones is 1. The number of aryl methyl sites for hydroxylation is 1. The Kier molecular flexibility index (Phi) is 4.81. The molecular formula is C18H23FO2. The van der Waals surface area contributed by atoms with E-state index in [-0.39, 0.29) is 35.1 Å². The van der Waals surface area contributed by atoms with E-state index in [1.165, 1.54) is 0 Å². The average molecular weight is 290 g/mol. The molecule has 114 valence electrons. The van der Waals surface area contributed by atoms with Crippen molar-refractivity contribution in [2.45, 2.75) is 40.0 Å². The fraction of sp³-hybridized carbons (Fsp3) is 0.500. The van der Waals surface area contributed by atoms with Gasteiger partial charge in [-0.3, -0.25) is 4.79 Å². The quantitative estimate of drug-likeness (QED) is 0.894. The Labute approximate surface area is 125 Å². The first kappa shape index (κ1) is 15.7. The van der Waals surface area contributed by atoms with E-state index >= 15 is 0 Å². The molecule has 0 aliphatic heterocycles. The van der Waals surface area contributed by atoms with E-state index in [0.717, 1.165) is 12.0 Å². The number of allylic oxidation sites excluding steroid dienone is 2. The number of carbonyl (C=O) groups excluding carboxylic acids is 1. The first-order valence-electron chi connectivity index (χ1n) is 7.58. The molecule has 2 nitrogen and oxygen atoms in total. The van der Waals surface area contributed by atoms with Gasteiger partial charge in [0.2, 0.25) is 0 Å². The molecule has 0 amide bonds. The Bertz CT molecular complexity index is 560. The highest BCUT2D eigenvalue weighted by Gasteiger charge is 2.29. The lowest BCUT2D eigenvalue weighted by Gasteiger charge is -2.26. The van der Waals surface area contributed by atoms with Gasteiger partial charge in [-0.05, 0) is 55.4 Å². The molecule has 0 heterocycles. The summed E-state index contributed by atoms with van der Waals surface area (Å²) in [6.07, 6.45) is 4.01. The van der Waals surface area contributed by atoms with Crippen LogP contribution >= 0.6 is 0 Å². The van der Waals surface area contributed by atoms with Gasteiger partial charge in [0.05, 0.1) is 11.7 Å². The van der Waals surface area contributed by atoms with Crippen LogP contribution < -0.4 is 0 Å². The predicted molar refractivity (Wildman–Crippen MR) is 81.6 cm³/mol. The van der Waals surface area contributed by atoms with Crippen LogP contribution in [0.4, 0.5) is 4.39 Å². The maximum atomic E-state index is 13.6. The summed E-state index contributed by atoms with van der Waals surface area (Å²) in [5.74, 6) is -0.141. The molecule has 0 bridgehead atoms. The highest BCUT2D eigenvalue weighted by Crippen LogP contribution is 2.31. The normalized spacial score (nSPS) is 22.2. The fourth-order valence-corrected chi connectivity index (χ4v) is 2.89. The molecule has 0 fully saturated rings. The van der Waals surface area contributed by atoms with Crippen molar-refractivity contribution in [1.82, 2.24) is 0 Å². The molecule has 2 rings (SSSR count). The third-order valence-electron chi connectivity index (χ3n) is 4.24.